The van der Waals surface area contributed by atoms with Gasteiger partial charge in [0.1, 0.15) is 10.7 Å². The number of hydrogen-bond acceptors (Lipinski definition) is 3. The molecule has 0 spiro atoms. The number of alkyl halides is 3. The number of pyridine rings is 1. The fraction of sp³-hybridized carbons (Fsp3) is 0.143. The van der Waals surface area contributed by atoms with Crippen LogP contribution in [0.5, 0.6) is 0 Å². The molecule has 0 aliphatic heterocycles. The van der Waals surface area contributed by atoms with Crippen LogP contribution < -0.4 is 5.73 Å². The molecule has 0 unspecified atom stereocenters. The monoisotopic (exact) mass is 312 g/mol. The van der Waals surface area contributed by atoms with Gasteiger partial charge in [0.2, 0.25) is 0 Å². The van der Waals surface area contributed by atoms with E-state index in [0.29, 0.717) is 4.90 Å². The number of amides is 1. The molecule has 110 valence electrons. The van der Waals surface area contributed by atoms with Gasteiger partial charge in [-0.2, -0.15) is 13.2 Å². The zero-order valence-corrected chi connectivity index (χ0v) is 11.8. The van der Waals surface area contributed by atoms with Crippen molar-refractivity contribution >= 4 is 17.7 Å². The van der Waals surface area contributed by atoms with Crippen LogP contribution in [0.1, 0.15) is 21.6 Å². The minimum absolute atomic E-state index is 0.0312. The number of benzene rings is 1. The molecular weight excluding hydrogens is 301 g/mol. The number of hydrogen-bond donors (Lipinski definition) is 1. The molecule has 0 aliphatic carbocycles. The van der Waals surface area contributed by atoms with Gasteiger partial charge in [0.15, 0.2) is 0 Å². The molecule has 3 nitrogen and oxygen atoms in total. The average Bonchev–Trinajstić information content (AvgIpc) is 2.40. The van der Waals surface area contributed by atoms with Crippen LogP contribution >= 0.6 is 11.8 Å². The molecule has 1 aromatic carbocycles. The zero-order valence-electron chi connectivity index (χ0n) is 10.9. The first-order chi connectivity index (χ1) is 9.79. The van der Waals surface area contributed by atoms with E-state index in [1.54, 1.807) is 12.1 Å². The number of nitrogens with two attached hydrogens (primary N) is 1. The van der Waals surface area contributed by atoms with Gasteiger partial charge in [0, 0.05) is 4.90 Å². The van der Waals surface area contributed by atoms with E-state index in [4.69, 9.17) is 5.73 Å². The molecule has 0 saturated carbocycles. The summed E-state index contributed by atoms with van der Waals surface area (Å²) in [5.74, 6) is -0.813. The Morgan fingerprint density at radius 1 is 1.19 bits per heavy atom. The molecule has 2 rings (SSSR count). The SMILES string of the molecule is Cc1ccccc1Sc1nc(C(F)(F)F)ccc1C(N)=O. The van der Waals surface area contributed by atoms with Gasteiger partial charge in [-0.15, -0.1) is 0 Å². The second kappa shape index (κ2) is 5.77. The summed E-state index contributed by atoms with van der Waals surface area (Å²) in [5.41, 5.74) is 4.98. The van der Waals surface area contributed by atoms with Crippen molar-refractivity contribution in [2.75, 3.05) is 0 Å². The van der Waals surface area contributed by atoms with Crippen LogP contribution in [0.15, 0.2) is 46.3 Å². The fourth-order valence-electron chi connectivity index (χ4n) is 1.64. The van der Waals surface area contributed by atoms with Gasteiger partial charge in [0.25, 0.3) is 5.91 Å². The quantitative estimate of drug-likeness (QED) is 0.941. The van der Waals surface area contributed by atoms with Gasteiger partial charge < -0.3 is 5.73 Å². The lowest BCUT2D eigenvalue weighted by Gasteiger charge is -2.11. The Kier molecular flexibility index (Phi) is 4.22. The maximum absolute atomic E-state index is 12.7. The van der Waals surface area contributed by atoms with E-state index in [1.807, 2.05) is 19.1 Å². The molecule has 1 aromatic heterocycles. The third-order valence-corrected chi connectivity index (χ3v) is 3.90. The lowest BCUT2D eigenvalue weighted by molar-refractivity contribution is -0.141. The van der Waals surface area contributed by atoms with E-state index in [1.165, 1.54) is 0 Å². The van der Waals surface area contributed by atoms with Crippen molar-refractivity contribution in [2.24, 2.45) is 5.73 Å². The minimum Gasteiger partial charge on any atom is -0.366 e. The Balaban J connectivity index is 2.49. The fourth-order valence-corrected chi connectivity index (χ4v) is 2.65. The van der Waals surface area contributed by atoms with E-state index < -0.39 is 17.8 Å². The minimum atomic E-state index is -4.57. The second-order valence-electron chi connectivity index (χ2n) is 4.28. The predicted octanol–water partition coefficient (Wildman–Crippen LogP) is 3.66. The molecule has 7 heteroatoms. The molecule has 2 aromatic rings. The summed E-state index contributed by atoms with van der Waals surface area (Å²) in [5, 5.41) is -0.0494. The maximum Gasteiger partial charge on any atom is 0.433 e. The van der Waals surface area contributed by atoms with Crippen LogP contribution in [0.3, 0.4) is 0 Å². The van der Waals surface area contributed by atoms with Crippen LogP contribution in [0, 0.1) is 6.92 Å². The molecule has 0 bridgehead atoms. The first kappa shape index (κ1) is 15.4. The third-order valence-electron chi connectivity index (χ3n) is 2.72. The summed E-state index contributed by atoms with van der Waals surface area (Å²) in [6, 6.07) is 8.94. The first-order valence-corrected chi connectivity index (χ1v) is 6.72. The van der Waals surface area contributed by atoms with Gasteiger partial charge in [-0.05, 0) is 30.7 Å². The number of carbonyl (C=O) groups is 1. The molecule has 0 saturated heterocycles. The van der Waals surface area contributed by atoms with E-state index in [0.717, 1.165) is 29.5 Å². The molecule has 0 fully saturated rings. The van der Waals surface area contributed by atoms with Gasteiger partial charge in [-0.25, -0.2) is 4.98 Å². The number of rotatable bonds is 3. The van der Waals surface area contributed by atoms with Crippen molar-refractivity contribution < 1.29 is 18.0 Å². The molecule has 1 amide bonds. The van der Waals surface area contributed by atoms with Crippen molar-refractivity contribution in [3.63, 3.8) is 0 Å². The Morgan fingerprint density at radius 2 is 1.86 bits per heavy atom. The molecule has 2 N–H and O–H groups in total. The summed E-state index contributed by atoms with van der Waals surface area (Å²) >= 11 is 0.987. The summed E-state index contributed by atoms with van der Waals surface area (Å²) < 4.78 is 38.2. The summed E-state index contributed by atoms with van der Waals surface area (Å²) in [7, 11) is 0. The highest BCUT2D eigenvalue weighted by molar-refractivity contribution is 7.99. The largest absolute Gasteiger partial charge is 0.433 e. The normalized spacial score (nSPS) is 11.4. The zero-order chi connectivity index (χ0) is 15.6. The lowest BCUT2D eigenvalue weighted by Crippen LogP contribution is -2.16. The van der Waals surface area contributed by atoms with Crippen molar-refractivity contribution in [1.29, 1.82) is 0 Å². The van der Waals surface area contributed by atoms with Crippen molar-refractivity contribution in [2.45, 2.75) is 23.0 Å². The number of carbonyl (C=O) groups excluding carboxylic acids is 1. The van der Waals surface area contributed by atoms with Crippen molar-refractivity contribution in [1.82, 2.24) is 4.98 Å². The van der Waals surface area contributed by atoms with Gasteiger partial charge >= 0.3 is 6.18 Å². The van der Waals surface area contributed by atoms with Gasteiger partial charge in [-0.1, -0.05) is 30.0 Å². The Bertz CT molecular complexity index is 686. The predicted molar refractivity (Wildman–Crippen MR) is 73.1 cm³/mol. The molecule has 0 aliphatic rings. The summed E-state index contributed by atoms with van der Waals surface area (Å²) in [6.07, 6.45) is -4.57. The highest BCUT2D eigenvalue weighted by Crippen LogP contribution is 2.34. The molecular formula is C14H11F3N2OS. The average molecular weight is 312 g/mol. The molecule has 21 heavy (non-hydrogen) atoms. The van der Waals surface area contributed by atoms with Gasteiger partial charge in [0.05, 0.1) is 5.56 Å². The number of nitrogens with zero attached hydrogens (tertiary/aromatic N) is 1. The van der Waals surface area contributed by atoms with Crippen LogP contribution in [0.2, 0.25) is 0 Å². The lowest BCUT2D eigenvalue weighted by atomic mass is 10.2. The van der Waals surface area contributed by atoms with E-state index >= 15 is 0 Å². The summed E-state index contributed by atoms with van der Waals surface area (Å²) in [4.78, 5) is 15.6. The van der Waals surface area contributed by atoms with Gasteiger partial charge in [-0.3, -0.25) is 4.79 Å². The van der Waals surface area contributed by atoms with Crippen LogP contribution in [0.4, 0.5) is 13.2 Å². The van der Waals surface area contributed by atoms with E-state index in [2.05, 4.69) is 4.98 Å². The number of halogens is 3. The summed E-state index contributed by atoms with van der Waals surface area (Å²) in [6.45, 7) is 1.82. The molecule has 0 radical (unpaired) electrons. The Morgan fingerprint density at radius 3 is 2.43 bits per heavy atom. The van der Waals surface area contributed by atoms with Crippen molar-refractivity contribution in [3.8, 4) is 0 Å². The number of aryl methyl sites for hydroxylation is 1. The first-order valence-electron chi connectivity index (χ1n) is 5.90. The van der Waals surface area contributed by atoms with Crippen LogP contribution in [0.25, 0.3) is 0 Å². The number of primary amides is 1. The highest BCUT2D eigenvalue weighted by atomic mass is 32.2. The van der Waals surface area contributed by atoms with Crippen molar-refractivity contribution in [3.05, 3.63) is 53.2 Å². The van der Waals surface area contributed by atoms with E-state index in [9.17, 15) is 18.0 Å². The third kappa shape index (κ3) is 3.55. The number of aromatic nitrogens is 1. The van der Waals surface area contributed by atoms with Crippen LogP contribution in [-0.2, 0) is 6.18 Å². The Hall–Kier alpha value is -2.02. The topological polar surface area (TPSA) is 56.0 Å². The van der Waals surface area contributed by atoms with E-state index in [-0.39, 0.29) is 10.6 Å². The Labute approximate surface area is 123 Å². The van der Waals surface area contributed by atoms with Crippen LogP contribution in [-0.4, -0.2) is 10.9 Å². The molecule has 0 atom stereocenters. The highest BCUT2D eigenvalue weighted by Gasteiger charge is 2.33. The molecule has 1 heterocycles. The standard InChI is InChI=1S/C14H11F3N2OS/c1-8-4-2-3-5-10(8)21-13-9(12(18)20)6-7-11(19-13)14(15,16)17/h2-7H,1H3,(H2,18,20). The smallest absolute Gasteiger partial charge is 0.366 e. The second-order valence-corrected chi connectivity index (χ2v) is 5.31. The maximum atomic E-state index is 12.7.